The molecule has 2 heterocycles. The zero-order valence-corrected chi connectivity index (χ0v) is 17.3. The molecule has 1 N–H and O–H groups in total. The molecule has 154 valence electrons. The number of anilines is 2. The number of hydrogen-bond donors (Lipinski definition) is 1. The molecule has 0 radical (unpaired) electrons. The molecule has 1 aromatic carbocycles. The van der Waals surface area contributed by atoms with Crippen LogP contribution < -0.4 is 10.2 Å². The molecule has 0 spiro atoms. The van der Waals surface area contributed by atoms with Crippen molar-refractivity contribution >= 4 is 41.1 Å². The van der Waals surface area contributed by atoms with Crippen molar-refractivity contribution < 1.29 is 23.6 Å². The molecule has 0 unspecified atom stereocenters. The van der Waals surface area contributed by atoms with Gasteiger partial charge in [-0.2, -0.15) is 0 Å². The van der Waals surface area contributed by atoms with Gasteiger partial charge in [-0.15, -0.1) is 11.8 Å². The Morgan fingerprint density at radius 3 is 2.83 bits per heavy atom. The number of esters is 1. The molecule has 2 amide bonds. The number of benzene rings is 1. The number of thioether (sulfide) groups is 1. The molecule has 0 saturated heterocycles. The third-order valence-electron chi connectivity index (χ3n) is 4.45. The first kappa shape index (κ1) is 20.9. The van der Waals surface area contributed by atoms with E-state index in [4.69, 9.17) is 9.26 Å². The van der Waals surface area contributed by atoms with Gasteiger partial charge in [-0.25, -0.2) is 0 Å². The molecule has 0 fully saturated rings. The number of nitrogens with zero attached hydrogens (tertiary/aromatic N) is 2. The number of ether oxygens (including phenoxy) is 1. The summed E-state index contributed by atoms with van der Waals surface area (Å²) < 4.78 is 10.1. The first-order valence-electron chi connectivity index (χ1n) is 9.26. The van der Waals surface area contributed by atoms with Gasteiger partial charge in [0, 0.05) is 17.8 Å². The molecule has 3 rings (SSSR count). The summed E-state index contributed by atoms with van der Waals surface area (Å²) >= 11 is 1.10. The predicted molar refractivity (Wildman–Crippen MR) is 110 cm³/mol. The maximum atomic E-state index is 12.8. The molecule has 0 saturated carbocycles. The van der Waals surface area contributed by atoms with Crippen LogP contribution in [0.4, 0.5) is 11.5 Å². The van der Waals surface area contributed by atoms with Gasteiger partial charge < -0.3 is 19.5 Å². The van der Waals surface area contributed by atoms with Gasteiger partial charge in [0.1, 0.15) is 5.76 Å². The highest BCUT2D eigenvalue weighted by Crippen LogP contribution is 2.32. The van der Waals surface area contributed by atoms with E-state index in [0.717, 1.165) is 29.4 Å². The monoisotopic (exact) mass is 417 g/mol. The number of nitrogens with one attached hydrogen (secondary N) is 1. The van der Waals surface area contributed by atoms with E-state index in [1.165, 1.54) is 0 Å². The van der Waals surface area contributed by atoms with Crippen LogP contribution in [0.15, 0.2) is 34.9 Å². The first-order chi connectivity index (χ1) is 13.8. The van der Waals surface area contributed by atoms with Crippen molar-refractivity contribution in [2.24, 2.45) is 0 Å². The highest BCUT2D eigenvalue weighted by atomic mass is 32.2. The van der Waals surface area contributed by atoms with Gasteiger partial charge in [-0.1, -0.05) is 23.4 Å². The van der Waals surface area contributed by atoms with Crippen LogP contribution in [0, 0.1) is 6.92 Å². The van der Waals surface area contributed by atoms with Gasteiger partial charge in [0.05, 0.1) is 11.5 Å². The average molecular weight is 417 g/mol. The summed E-state index contributed by atoms with van der Waals surface area (Å²) in [6, 6.07) is 9.34. The fourth-order valence-electron chi connectivity index (χ4n) is 3.21. The van der Waals surface area contributed by atoms with Crippen molar-refractivity contribution in [3.63, 3.8) is 0 Å². The number of amides is 2. The van der Waals surface area contributed by atoms with Crippen LogP contribution in [0.3, 0.4) is 0 Å². The van der Waals surface area contributed by atoms with E-state index < -0.39 is 12.1 Å². The number of aromatic nitrogens is 1. The summed E-state index contributed by atoms with van der Waals surface area (Å²) in [7, 11) is 0. The summed E-state index contributed by atoms with van der Waals surface area (Å²) in [5, 5.41) is 6.24. The predicted octanol–water partition coefficient (Wildman–Crippen LogP) is 2.56. The highest BCUT2D eigenvalue weighted by molar-refractivity contribution is 8.00. The molecule has 0 bridgehead atoms. The van der Waals surface area contributed by atoms with Crippen LogP contribution in [0.25, 0.3) is 0 Å². The van der Waals surface area contributed by atoms with Gasteiger partial charge in [0.15, 0.2) is 11.9 Å². The molecule has 0 aliphatic carbocycles. The number of hydrogen-bond acceptors (Lipinski definition) is 7. The largest absolute Gasteiger partial charge is 0.452 e. The number of rotatable bonds is 7. The molecule has 2 atom stereocenters. The SMILES string of the molecule is Cc1cc(NC(=O)CSCC(=O)O[C@H](C)C(=O)N2c3ccccc3C[C@@H]2C)no1. The lowest BCUT2D eigenvalue weighted by Crippen LogP contribution is -2.43. The number of para-hydroxylation sites is 1. The molecule has 29 heavy (non-hydrogen) atoms. The number of carbonyl (C=O) groups excluding carboxylic acids is 3. The van der Waals surface area contributed by atoms with Crippen molar-refractivity contribution in [2.45, 2.75) is 39.3 Å². The first-order valence-corrected chi connectivity index (χ1v) is 10.4. The molecule has 2 aromatic rings. The van der Waals surface area contributed by atoms with Crippen molar-refractivity contribution in [1.29, 1.82) is 0 Å². The summed E-state index contributed by atoms with van der Waals surface area (Å²) in [4.78, 5) is 38.4. The molecular weight excluding hydrogens is 394 g/mol. The minimum atomic E-state index is -0.899. The van der Waals surface area contributed by atoms with E-state index in [0.29, 0.717) is 11.6 Å². The third-order valence-corrected chi connectivity index (χ3v) is 5.36. The lowest BCUT2D eigenvalue weighted by atomic mass is 10.1. The van der Waals surface area contributed by atoms with Crippen LogP contribution >= 0.6 is 11.8 Å². The van der Waals surface area contributed by atoms with Crippen molar-refractivity contribution in [2.75, 3.05) is 21.7 Å². The highest BCUT2D eigenvalue weighted by Gasteiger charge is 2.34. The topological polar surface area (TPSA) is 102 Å². The van der Waals surface area contributed by atoms with E-state index in [1.54, 1.807) is 24.8 Å². The molecule has 8 nitrogen and oxygen atoms in total. The summed E-state index contributed by atoms with van der Waals surface area (Å²) in [6.07, 6.45) is -0.123. The standard InChI is InChI=1S/C20H23N3O5S/c1-12-8-15-6-4-5-7-16(15)23(12)20(26)14(3)27-19(25)11-29-10-18(24)21-17-9-13(2)28-22-17/h4-7,9,12,14H,8,10-11H2,1-3H3,(H,21,22,24)/t12-,14+/m0/s1. The van der Waals surface area contributed by atoms with Crippen molar-refractivity contribution in [1.82, 2.24) is 5.16 Å². The lowest BCUT2D eigenvalue weighted by Gasteiger charge is -2.25. The van der Waals surface area contributed by atoms with Crippen LogP contribution in [0.5, 0.6) is 0 Å². The second-order valence-electron chi connectivity index (χ2n) is 6.89. The Bertz CT molecular complexity index is 913. The molecule has 9 heteroatoms. The zero-order chi connectivity index (χ0) is 21.0. The van der Waals surface area contributed by atoms with Crippen molar-refractivity contribution in [3.05, 3.63) is 41.7 Å². The normalized spacial score (nSPS) is 16.2. The maximum Gasteiger partial charge on any atom is 0.316 e. The van der Waals surface area contributed by atoms with Crippen LogP contribution in [0.1, 0.15) is 25.2 Å². The Balaban J connectivity index is 1.44. The van der Waals surface area contributed by atoms with Crippen LogP contribution in [-0.4, -0.2) is 46.6 Å². The van der Waals surface area contributed by atoms with Gasteiger partial charge in [-0.05, 0) is 38.8 Å². The minimum Gasteiger partial charge on any atom is -0.452 e. The molecule has 1 aliphatic rings. The number of fused-ring (bicyclic) bond motifs is 1. The zero-order valence-electron chi connectivity index (χ0n) is 16.5. The second kappa shape index (κ2) is 9.13. The quantitative estimate of drug-likeness (QED) is 0.691. The summed E-state index contributed by atoms with van der Waals surface area (Å²) in [5.41, 5.74) is 1.97. The maximum absolute atomic E-state index is 12.8. The van der Waals surface area contributed by atoms with E-state index in [1.807, 2.05) is 31.2 Å². The Kier molecular flexibility index (Phi) is 6.58. The summed E-state index contributed by atoms with van der Waals surface area (Å²) in [6.45, 7) is 5.26. The molecule has 1 aliphatic heterocycles. The smallest absolute Gasteiger partial charge is 0.316 e. The number of carbonyl (C=O) groups is 3. The van der Waals surface area contributed by atoms with E-state index in [9.17, 15) is 14.4 Å². The van der Waals surface area contributed by atoms with E-state index in [-0.39, 0.29) is 29.4 Å². The van der Waals surface area contributed by atoms with E-state index in [2.05, 4.69) is 10.5 Å². The second-order valence-corrected chi connectivity index (χ2v) is 7.87. The summed E-state index contributed by atoms with van der Waals surface area (Å²) in [5.74, 6) is -0.154. The van der Waals surface area contributed by atoms with Gasteiger partial charge in [0.2, 0.25) is 5.91 Å². The fourth-order valence-corrected chi connectivity index (χ4v) is 3.80. The van der Waals surface area contributed by atoms with Crippen LogP contribution in [0.2, 0.25) is 0 Å². The van der Waals surface area contributed by atoms with Crippen molar-refractivity contribution in [3.8, 4) is 0 Å². The lowest BCUT2D eigenvalue weighted by molar-refractivity contribution is -0.151. The van der Waals surface area contributed by atoms with E-state index >= 15 is 0 Å². The average Bonchev–Trinajstić information content (AvgIpc) is 3.22. The Labute approximate surface area is 172 Å². The van der Waals surface area contributed by atoms with Gasteiger partial charge >= 0.3 is 5.97 Å². The Hall–Kier alpha value is -2.81. The minimum absolute atomic E-state index is 0.0132. The number of aryl methyl sites for hydroxylation is 1. The van der Waals surface area contributed by atoms with Gasteiger partial charge in [-0.3, -0.25) is 14.4 Å². The van der Waals surface area contributed by atoms with Gasteiger partial charge in [0.25, 0.3) is 5.91 Å². The third kappa shape index (κ3) is 5.17. The molecular formula is C20H23N3O5S. The molecule has 1 aromatic heterocycles. The Morgan fingerprint density at radius 1 is 1.34 bits per heavy atom. The van der Waals surface area contributed by atoms with Crippen LogP contribution in [-0.2, 0) is 25.5 Å². The Morgan fingerprint density at radius 2 is 2.10 bits per heavy atom. The fraction of sp³-hybridized carbons (Fsp3) is 0.400.